The van der Waals surface area contributed by atoms with Crippen LogP contribution < -0.4 is 9.47 Å². The van der Waals surface area contributed by atoms with Gasteiger partial charge in [-0.15, -0.1) is 0 Å². The summed E-state index contributed by atoms with van der Waals surface area (Å²) in [7, 11) is 1.68. The number of fused-ring (bicyclic) bond motifs is 1. The Labute approximate surface area is 199 Å². The Morgan fingerprint density at radius 1 is 0.788 bits per heavy atom. The van der Waals surface area contributed by atoms with Crippen LogP contribution in [0.25, 0.3) is 11.6 Å². The van der Waals surface area contributed by atoms with Crippen molar-refractivity contribution in [1.82, 2.24) is 0 Å². The van der Waals surface area contributed by atoms with Crippen molar-refractivity contribution in [1.29, 1.82) is 0 Å². The summed E-state index contributed by atoms with van der Waals surface area (Å²) in [6.45, 7) is 12.3. The van der Waals surface area contributed by atoms with E-state index in [2.05, 4.69) is 71.0 Å². The van der Waals surface area contributed by atoms with Crippen LogP contribution in [0.2, 0.25) is 0 Å². The highest BCUT2D eigenvalue weighted by Gasteiger charge is 2.36. The highest BCUT2D eigenvalue weighted by molar-refractivity contribution is 5.80. The van der Waals surface area contributed by atoms with Crippen LogP contribution in [0.3, 0.4) is 0 Å². The summed E-state index contributed by atoms with van der Waals surface area (Å²) in [5, 5.41) is 0. The third-order valence-electron chi connectivity index (χ3n) is 7.14. The topological polar surface area (TPSA) is 18.5 Å². The normalized spacial score (nSPS) is 16.7. The Kier molecular flexibility index (Phi) is 6.38. The summed E-state index contributed by atoms with van der Waals surface area (Å²) in [5.74, 6) is 1.73. The first-order chi connectivity index (χ1) is 15.7. The predicted molar refractivity (Wildman–Crippen MR) is 139 cm³/mol. The Hall–Kier alpha value is -3.00. The number of ether oxygens (including phenoxy) is 2. The van der Waals surface area contributed by atoms with Gasteiger partial charge in [0.25, 0.3) is 0 Å². The highest BCUT2D eigenvalue weighted by atomic mass is 16.5. The van der Waals surface area contributed by atoms with E-state index in [1.807, 2.05) is 36.4 Å². The van der Waals surface area contributed by atoms with Crippen LogP contribution in [0.4, 0.5) is 0 Å². The Morgan fingerprint density at radius 2 is 1.39 bits per heavy atom. The molecule has 33 heavy (non-hydrogen) atoms. The minimum absolute atomic E-state index is 0.226. The Bertz CT molecular complexity index is 1130. The number of allylic oxidation sites excluding steroid dienone is 1. The van der Waals surface area contributed by atoms with Gasteiger partial charge in [0.2, 0.25) is 0 Å². The highest BCUT2D eigenvalue weighted by Crippen LogP contribution is 2.46. The summed E-state index contributed by atoms with van der Waals surface area (Å²) in [4.78, 5) is 0. The van der Waals surface area contributed by atoms with Crippen molar-refractivity contribution in [2.24, 2.45) is 0 Å². The molecule has 1 aliphatic rings. The van der Waals surface area contributed by atoms with E-state index in [0.29, 0.717) is 6.61 Å². The summed E-state index contributed by atoms with van der Waals surface area (Å²) >= 11 is 0. The molecular weight excluding hydrogens is 404 g/mol. The molecule has 0 radical (unpaired) electrons. The second kappa shape index (κ2) is 9.09. The van der Waals surface area contributed by atoms with Crippen molar-refractivity contribution in [2.45, 2.75) is 64.9 Å². The number of hydrogen-bond donors (Lipinski definition) is 0. The smallest absolute Gasteiger partial charge is 0.119 e. The van der Waals surface area contributed by atoms with Gasteiger partial charge in [0.15, 0.2) is 0 Å². The first-order valence-corrected chi connectivity index (χ1v) is 11.9. The third kappa shape index (κ3) is 5.16. The number of hydrogen-bond acceptors (Lipinski definition) is 2. The van der Waals surface area contributed by atoms with E-state index in [1.54, 1.807) is 7.11 Å². The quantitative estimate of drug-likeness (QED) is 0.360. The molecule has 0 heterocycles. The lowest BCUT2D eigenvalue weighted by atomic mass is 9.63. The van der Waals surface area contributed by atoms with E-state index in [9.17, 15) is 0 Å². The monoisotopic (exact) mass is 440 g/mol. The molecule has 0 atom stereocenters. The van der Waals surface area contributed by atoms with Gasteiger partial charge in [-0.1, -0.05) is 76.2 Å². The van der Waals surface area contributed by atoms with Crippen LogP contribution in [0.15, 0.2) is 66.7 Å². The van der Waals surface area contributed by atoms with Crippen LogP contribution in [0.1, 0.15) is 75.3 Å². The zero-order chi connectivity index (χ0) is 23.6. The molecule has 0 bridgehead atoms. The van der Waals surface area contributed by atoms with Crippen molar-refractivity contribution in [3.63, 3.8) is 0 Å². The molecule has 0 N–H and O–H groups in total. The number of rotatable bonds is 6. The first kappa shape index (κ1) is 23.2. The molecular formula is C31H36O2. The van der Waals surface area contributed by atoms with Gasteiger partial charge in [-0.2, -0.15) is 0 Å². The molecule has 172 valence electrons. The average molecular weight is 441 g/mol. The molecule has 0 amide bonds. The predicted octanol–water partition coefficient (Wildman–Crippen LogP) is 8.18. The van der Waals surface area contributed by atoms with Crippen LogP contribution in [0.5, 0.6) is 11.5 Å². The molecule has 2 heteroatoms. The fraction of sp³-hybridized carbons (Fsp3) is 0.355. The van der Waals surface area contributed by atoms with E-state index in [-0.39, 0.29) is 10.8 Å². The lowest BCUT2D eigenvalue weighted by Gasteiger charge is -2.42. The molecule has 4 rings (SSSR count). The summed E-state index contributed by atoms with van der Waals surface area (Å²) in [6.07, 6.45) is 4.74. The molecule has 3 aromatic rings. The molecule has 0 saturated heterocycles. The minimum Gasteiger partial charge on any atom is -0.497 e. The molecule has 0 unspecified atom stereocenters. The maximum Gasteiger partial charge on any atom is 0.119 e. The first-order valence-electron chi connectivity index (χ1n) is 11.9. The van der Waals surface area contributed by atoms with E-state index in [0.717, 1.165) is 17.1 Å². The SMILES string of the molecule is COc1ccc(COc2ccc(/C=C(\C)c3ccc4c(c3)C(C)(C)CCC4(C)C)cc2)cc1. The molecule has 0 fully saturated rings. The van der Waals surface area contributed by atoms with Gasteiger partial charge >= 0.3 is 0 Å². The standard InChI is InChI=1S/C31H36O2/c1-22(25-11-16-28-29(20-25)31(4,5)18-17-30(28,2)3)19-23-7-14-27(15-8-23)33-21-24-9-12-26(32-6)13-10-24/h7-16,19-20H,17-18,21H2,1-6H3/b22-19+. The second-order valence-electron chi connectivity index (χ2n) is 10.6. The molecule has 0 spiro atoms. The van der Waals surface area contributed by atoms with Gasteiger partial charge in [0, 0.05) is 0 Å². The van der Waals surface area contributed by atoms with E-state index in [1.165, 1.54) is 40.7 Å². The molecule has 1 aliphatic carbocycles. The lowest BCUT2D eigenvalue weighted by molar-refractivity contribution is 0.306. The number of benzene rings is 3. The Morgan fingerprint density at radius 3 is 2.03 bits per heavy atom. The maximum absolute atomic E-state index is 5.95. The van der Waals surface area contributed by atoms with E-state index >= 15 is 0 Å². The molecule has 0 aromatic heterocycles. The summed E-state index contributed by atoms with van der Waals surface area (Å²) in [6, 6.07) is 23.4. The van der Waals surface area contributed by atoms with Crippen molar-refractivity contribution in [3.05, 3.63) is 94.5 Å². The fourth-order valence-corrected chi connectivity index (χ4v) is 4.72. The molecule has 0 aliphatic heterocycles. The molecule has 3 aromatic carbocycles. The minimum atomic E-state index is 0.226. The van der Waals surface area contributed by atoms with Gasteiger partial charge in [0.1, 0.15) is 18.1 Å². The zero-order valence-electron chi connectivity index (χ0n) is 20.9. The zero-order valence-corrected chi connectivity index (χ0v) is 20.9. The van der Waals surface area contributed by atoms with Crippen LogP contribution in [-0.4, -0.2) is 7.11 Å². The lowest BCUT2D eigenvalue weighted by Crippen LogP contribution is -2.33. The van der Waals surface area contributed by atoms with Gasteiger partial charge in [-0.25, -0.2) is 0 Å². The van der Waals surface area contributed by atoms with Crippen LogP contribution >= 0.6 is 0 Å². The molecule has 2 nitrogen and oxygen atoms in total. The van der Waals surface area contributed by atoms with Crippen LogP contribution in [-0.2, 0) is 17.4 Å². The number of methoxy groups -OCH3 is 1. The van der Waals surface area contributed by atoms with E-state index in [4.69, 9.17) is 9.47 Å². The van der Waals surface area contributed by atoms with Gasteiger partial charge in [0.05, 0.1) is 7.11 Å². The Balaban J connectivity index is 1.48. The molecule has 0 saturated carbocycles. The average Bonchev–Trinajstić information content (AvgIpc) is 2.82. The second-order valence-corrected chi connectivity index (χ2v) is 10.6. The van der Waals surface area contributed by atoms with Crippen LogP contribution in [0, 0.1) is 0 Å². The third-order valence-corrected chi connectivity index (χ3v) is 7.14. The van der Waals surface area contributed by atoms with Gasteiger partial charge in [-0.3, -0.25) is 0 Å². The van der Waals surface area contributed by atoms with Gasteiger partial charge < -0.3 is 9.47 Å². The van der Waals surface area contributed by atoms with Crippen molar-refractivity contribution in [3.8, 4) is 11.5 Å². The van der Waals surface area contributed by atoms with Gasteiger partial charge in [-0.05, 0) is 88.3 Å². The van der Waals surface area contributed by atoms with E-state index < -0.39 is 0 Å². The maximum atomic E-state index is 5.95. The largest absolute Gasteiger partial charge is 0.497 e. The van der Waals surface area contributed by atoms with Crippen molar-refractivity contribution >= 4 is 11.6 Å². The van der Waals surface area contributed by atoms with Crippen molar-refractivity contribution < 1.29 is 9.47 Å². The van der Waals surface area contributed by atoms with Crippen molar-refractivity contribution in [2.75, 3.05) is 7.11 Å². The summed E-state index contributed by atoms with van der Waals surface area (Å²) < 4.78 is 11.2. The fourth-order valence-electron chi connectivity index (χ4n) is 4.72. The summed E-state index contributed by atoms with van der Waals surface area (Å²) in [5.41, 5.74) is 8.38.